The van der Waals surface area contributed by atoms with Crippen molar-refractivity contribution in [2.24, 2.45) is 0 Å². The second-order valence-corrected chi connectivity index (χ2v) is 8.35. The maximum Gasteiger partial charge on any atom is 0.119 e. The van der Waals surface area contributed by atoms with Gasteiger partial charge in [0.1, 0.15) is 23.9 Å². The SMILES string of the molecule is COc1ccc(-c2ccc(-c3ccc(OC)cc3)c(-c3ccc(OCc4ccccc4)cc3)n2)cc1. The fourth-order valence-electron chi connectivity index (χ4n) is 4.06. The van der Waals surface area contributed by atoms with E-state index >= 15 is 0 Å². The van der Waals surface area contributed by atoms with Crippen LogP contribution in [0.4, 0.5) is 0 Å². The van der Waals surface area contributed by atoms with Crippen molar-refractivity contribution >= 4 is 0 Å². The van der Waals surface area contributed by atoms with Crippen molar-refractivity contribution in [3.05, 3.63) is 121 Å². The van der Waals surface area contributed by atoms with E-state index in [1.54, 1.807) is 14.2 Å². The summed E-state index contributed by atoms with van der Waals surface area (Å²) in [7, 11) is 3.34. The number of benzene rings is 4. The second kappa shape index (κ2) is 10.8. The number of hydrogen-bond acceptors (Lipinski definition) is 4. The maximum absolute atomic E-state index is 5.99. The van der Waals surface area contributed by atoms with Gasteiger partial charge >= 0.3 is 0 Å². The first kappa shape index (κ1) is 23.2. The third-order valence-corrected chi connectivity index (χ3v) is 6.06. The van der Waals surface area contributed by atoms with Gasteiger partial charge in [-0.1, -0.05) is 48.5 Å². The van der Waals surface area contributed by atoms with Crippen LogP contribution in [0.25, 0.3) is 33.6 Å². The summed E-state index contributed by atoms with van der Waals surface area (Å²) in [6.45, 7) is 0.530. The average Bonchev–Trinajstić information content (AvgIpc) is 2.97. The van der Waals surface area contributed by atoms with E-state index < -0.39 is 0 Å². The normalized spacial score (nSPS) is 10.6. The minimum absolute atomic E-state index is 0.530. The molecule has 0 spiro atoms. The molecule has 0 atom stereocenters. The van der Waals surface area contributed by atoms with Crippen LogP contribution in [-0.2, 0) is 6.61 Å². The Hall–Kier alpha value is -4.57. The molecule has 0 amide bonds. The Bertz CT molecular complexity index is 1410. The Morgan fingerprint density at radius 1 is 0.528 bits per heavy atom. The zero-order chi connectivity index (χ0) is 24.7. The van der Waals surface area contributed by atoms with E-state index in [1.165, 1.54) is 0 Å². The fraction of sp³-hybridized carbons (Fsp3) is 0.0938. The van der Waals surface area contributed by atoms with E-state index in [4.69, 9.17) is 19.2 Å². The highest BCUT2D eigenvalue weighted by Gasteiger charge is 2.13. The van der Waals surface area contributed by atoms with Crippen molar-refractivity contribution in [1.29, 1.82) is 0 Å². The Morgan fingerprint density at radius 3 is 1.69 bits per heavy atom. The third kappa shape index (κ3) is 5.23. The molecule has 36 heavy (non-hydrogen) atoms. The predicted molar refractivity (Wildman–Crippen MR) is 144 cm³/mol. The largest absolute Gasteiger partial charge is 0.497 e. The van der Waals surface area contributed by atoms with E-state index in [9.17, 15) is 0 Å². The van der Waals surface area contributed by atoms with E-state index in [-0.39, 0.29) is 0 Å². The van der Waals surface area contributed by atoms with Crippen molar-refractivity contribution in [2.75, 3.05) is 14.2 Å². The maximum atomic E-state index is 5.99. The summed E-state index contributed by atoms with van der Waals surface area (Å²) in [5.41, 5.74) is 7.11. The van der Waals surface area contributed by atoms with Crippen LogP contribution in [0, 0.1) is 0 Å². The molecule has 178 valence electrons. The summed E-state index contributed by atoms with van der Waals surface area (Å²) in [5, 5.41) is 0. The van der Waals surface area contributed by atoms with Gasteiger partial charge < -0.3 is 14.2 Å². The highest BCUT2D eigenvalue weighted by Crippen LogP contribution is 2.35. The first-order valence-electron chi connectivity index (χ1n) is 11.8. The lowest BCUT2D eigenvalue weighted by molar-refractivity contribution is 0.306. The van der Waals surface area contributed by atoms with E-state index in [0.717, 1.165) is 56.5 Å². The van der Waals surface area contributed by atoms with Crippen LogP contribution in [0.15, 0.2) is 115 Å². The van der Waals surface area contributed by atoms with Gasteiger partial charge in [0, 0.05) is 16.7 Å². The summed E-state index contributed by atoms with van der Waals surface area (Å²) in [5.74, 6) is 2.46. The summed E-state index contributed by atoms with van der Waals surface area (Å²) >= 11 is 0. The number of pyridine rings is 1. The molecule has 0 aliphatic rings. The molecule has 0 unspecified atom stereocenters. The molecule has 0 N–H and O–H groups in total. The van der Waals surface area contributed by atoms with Gasteiger partial charge in [-0.3, -0.25) is 0 Å². The number of aromatic nitrogens is 1. The highest BCUT2D eigenvalue weighted by molar-refractivity contribution is 5.83. The van der Waals surface area contributed by atoms with E-state index in [2.05, 4.69) is 48.5 Å². The van der Waals surface area contributed by atoms with Crippen LogP contribution in [0.1, 0.15) is 5.56 Å². The molecule has 1 aromatic heterocycles. The van der Waals surface area contributed by atoms with Crippen LogP contribution in [-0.4, -0.2) is 19.2 Å². The van der Waals surface area contributed by atoms with Gasteiger partial charge in [0.05, 0.1) is 25.6 Å². The van der Waals surface area contributed by atoms with Crippen LogP contribution in [0.5, 0.6) is 17.2 Å². The van der Waals surface area contributed by atoms with Crippen LogP contribution in [0.3, 0.4) is 0 Å². The molecular formula is C32H27NO3. The van der Waals surface area contributed by atoms with Crippen LogP contribution in [0.2, 0.25) is 0 Å². The summed E-state index contributed by atoms with van der Waals surface area (Å²) in [6.07, 6.45) is 0. The quantitative estimate of drug-likeness (QED) is 0.232. The number of rotatable bonds is 8. The van der Waals surface area contributed by atoms with Gasteiger partial charge in [-0.15, -0.1) is 0 Å². The molecular weight excluding hydrogens is 446 g/mol. The zero-order valence-electron chi connectivity index (χ0n) is 20.3. The van der Waals surface area contributed by atoms with Crippen molar-refractivity contribution in [1.82, 2.24) is 4.98 Å². The van der Waals surface area contributed by atoms with Gasteiger partial charge in [0.15, 0.2) is 0 Å². The van der Waals surface area contributed by atoms with Gasteiger partial charge in [0.25, 0.3) is 0 Å². The molecule has 1 heterocycles. The molecule has 0 saturated heterocycles. The predicted octanol–water partition coefficient (Wildman–Crippen LogP) is 7.68. The van der Waals surface area contributed by atoms with Crippen LogP contribution < -0.4 is 14.2 Å². The first-order chi connectivity index (χ1) is 17.7. The van der Waals surface area contributed by atoms with Crippen molar-refractivity contribution in [2.45, 2.75) is 6.61 Å². The average molecular weight is 474 g/mol. The summed E-state index contributed by atoms with van der Waals surface area (Å²) in [4.78, 5) is 5.10. The van der Waals surface area contributed by atoms with Crippen molar-refractivity contribution < 1.29 is 14.2 Å². The number of ether oxygens (including phenoxy) is 3. The Kier molecular flexibility index (Phi) is 6.95. The lowest BCUT2D eigenvalue weighted by Crippen LogP contribution is -1.96. The lowest BCUT2D eigenvalue weighted by Gasteiger charge is -2.13. The van der Waals surface area contributed by atoms with Gasteiger partial charge in [-0.25, -0.2) is 4.98 Å². The second-order valence-electron chi connectivity index (χ2n) is 8.35. The molecule has 4 nitrogen and oxygen atoms in total. The summed E-state index contributed by atoms with van der Waals surface area (Å²) in [6, 6.07) is 38.5. The van der Waals surface area contributed by atoms with Gasteiger partial charge in [-0.05, 0) is 77.9 Å². The minimum Gasteiger partial charge on any atom is -0.497 e. The van der Waals surface area contributed by atoms with Gasteiger partial charge in [0.2, 0.25) is 0 Å². The first-order valence-corrected chi connectivity index (χ1v) is 11.8. The monoisotopic (exact) mass is 473 g/mol. The molecule has 0 aliphatic heterocycles. The van der Waals surface area contributed by atoms with Crippen LogP contribution >= 0.6 is 0 Å². The Labute approximate surface area is 211 Å². The smallest absolute Gasteiger partial charge is 0.119 e. The fourth-order valence-corrected chi connectivity index (χ4v) is 4.06. The Morgan fingerprint density at radius 2 is 1.08 bits per heavy atom. The standard InChI is InChI=1S/C32H27NO3/c1-34-27-14-8-24(9-15-27)30-20-21-31(25-10-16-28(35-2)17-11-25)33-32(30)26-12-18-29(19-13-26)36-22-23-6-4-3-5-7-23/h3-21H,22H2,1-2H3. The molecule has 0 aliphatic carbocycles. The number of hydrogen-bond donors (Lipinski definition) is 0. The molecule has 0 fully saturated rings. The summed E-state index contributed by atoms with van der Waals surface area (Å²) < 4.78 is 16.6. The molecule has 5 rings (SSSR count). The zero-order valence-corrected chi connectivity index (χ0v) is 20.3. The lowest BCUT2D eigenvalue weighted by atomic mass is 9.97. The molecule has 5 aromatic rings. The molecule has 4 aromatic carbocycles. The highest BCUT2D eigenvalue weighted by atomic mass is 16.5. The molecule has 0 bridgehead atoms. The molecule has 4 heteroatoms. The van der Waals surface area contributed by atoms with Crippen molar-refractivity contribution in [3.8, 4) is 50.9 Å². The number of nitrogens with zero attached hydrogens (tertiary/aromatic N) is 1. The van der Waals surface area contributed by atoms with E-state index in [1.807, 2.05) is 66.7 Å². The van der Waals surface area contributed by atoms with Gasteiger partial charge in [-0.2, -0.15) is 0 Å². The molecule has 0 radical (unpaired) electrons. The Balaban J connectivity index is 1.49. The topological polar surface area (TPSA) is 40.6 Å². The molecule has 0 saturated carbocycles. The van der Waals surface area contributed by atoms with E-state index in [0.29, 0.717) is 6.61 Å². The van der Waals surface area contributed by atoms with Crippen molar-refractivity contribution in [3.63, 3.8) is 0 Å². The minimum atomic E-state index is 0.530. The third-order valence-electron chi connectivity index (χ3n) is 6.06. The number of methoxy groups -OCH3 is 2.